The number of carbonyl (C=O) groups is 2. The van der Waals surface area contributed by atoms with Gasteiger partial charge in [-0.2, -0.15) is 5.10 Å². The molecule has 1 aromatic carbocycles. The summed E-state index contributed by atoms with van der Waals surface area (Å²) in [6.45, 7) is -0.523. The highest BCUT2D eigenvalue weighted by atomic mass is 35.5. The van der Waals surface area contributed by atoms with Crippen LogP contribution in [0.3, 0.4) is 0 Å². The maximum atomic E-state index is 13.8. The second kappa shape index (κ2) is 8.62. The molecule has 0 aliphatic rings. The first-order chi connectivity index (χ1) is 13.5. The monoisotopic (exact) mass is 402 g/mol. The molecular formula is C19H16ClFN4O3. The van der Waals surface area contributed by atoms with Crippen molar-refractivity contribution in [1.29, 1.82) is 0 Å². The van der Waals surface area contributed by atoms with Gasteiger partial charge in [0.1, 0.15) is 5.82 Å². The van der Waals surface area contributed by atoms with Crippen LogP contribution in [-0.4, -0.2) is 45.2 Å². The fraction of sp³-hybridized carbons (Fsp3) is 0.158. The lowest BCUT2D eigenvalue weighted by Gasteiger charge is -2.18. The fourth-order valence-electron chi connectivity index (χ4n) is 2.38. The van der Waals surface area contributed by atoms with E-state index in [2.05, 4.69) is 10.1 Å². The SMILES string of the molecule is CN(Cc1c(F)cccc1Cl)C(=O)COC(=O)c1ccc(-n2cccn2)nc1. The van der Waals surface area contributed by atoms with Gasteiger partial charge in [-0.15, -0.1) is 0 Å². The van der Waals surface area contributed by atoms with Gasteiger partial charge in [-0.1, -0.05) is 17.7 Å². The topological polar surface area (TPSA) is 77.3 Å². The predicted molar refractivity (Wildman–Crippen MR) is 99.5 cm³/mol. The lowest BCUT2D eigenvalue weighted by Crippen LogP contribution is -2.31. The second-order valence-electron chi connectivity index (χ2n) is 5.88. The number of amides is 1. The van der Waals surface area contributed by atoms with Gasteiger partial charge in [0.2, 0.25) is 0 Å². The van der Waals surface area contributed by atoms with Crippen molar-refractivity contribution in [3.63, 3.8) is 0 Å². The van der Waals surface area contributed by atoms with E-state index in [1.165, 1.54) is 42.4 Å². The average molecular weight is 403 g/mol. The van der Waals surface area contributed by atoms with Gasteiger partial charge >= 0.3 is 5.97 Å². The molecule has 0 fully saturated rings. The van der Waals surface area contributed by atoms with E-state index in [1.807, 2.05) is 0 Å². The third kappa shape index (κ3) is 4.52. The summed E-state index contributed by atoms with van der Waals surface area (Å²) in [5, 5.41) is 4.26. The van der Waals surface area contributed by atoms with Gasteiger partial charge in [-0.3, -0.25) is 4.79 Å². The molecule has 28 heavy (non-hydrogen) atoms. The molecule has 0 aliphatic carbocycles. The van der Waals surface area contributed by atoms with Crippen molar-refractivity contribution >= 4 is 23.5 Å². The van der Waals surface area contributed by atoms with Crippen molar-refractivity contribution in [2.75, 3.05) is 13.7 Å². The van der Waals surface area contributed by atoms with E-state index in [0.29, 0.717) is 5.82 Å². The van der Waals surface area contributed by atoms with E-state index in [-0.39, 0.29) is 22.7 Å². The zero-order valence-corrected chi connectivity index (χ0v) is 15.6. The highest BCUT2D eigenvalue weighted by molar-refractivity contribution is 6.31. The van der Waals surface area contributed by atoms with Gasteiger partial charge in [0, 0.05) is 42.8 Å². The molecule has 144 valence electrons. The third-order valence-corrected chi connectivity index (χ3v) is 4.29. The number of pyridine rings is 1. The Bertz CT molecular complexity index is 957. The number of nitrogens with zero attached hydrogens (tertiary/aromatic N) is 4. The molecule has 3 aromatic rings. The number of hydrogen-bond acceptors (Lipinski definition) is 5. The zero-order valence-electron chi connectivity index (χ0n) is 14.9. The lowest BCUT2D eigenvalue weighted by molar-refractivity contribution is -0.133. The van der Waals surface area contributed by atoms with E-state index in [9.17, 15) is 14.0 Å². The van der Waals surface area contributed by atoms with Crippen LogP contribution in [0.1, 0.15) is 15.9 Å². The van der Waals surface area contributed by atoms with Crippen molar-refractivity contribution in [2.24, 2.45) is 0 Å². The molecule has 0 saturated heterocycles. The third-order valence-electron chi connectivity index (χ3n) is 3.93. The standard InChI is InChI=1S/C19H16ClFN4O3/c1-24(11-14-15(20)4-2-5-16(14)21)18(26)12-28-19(27)13-6-7-17(22-10-13)25-9-3-8-23-25/h2-10H,11-12H2,1H3. The normalized spacial score (nSPS) is 10.5. The minimum atomic E-state index is -0.690. The average Bonchev–Trinajstić information content (AvgIpc) is 3.23. The maximum absolute atomic E-state index is 13.8. The van der Waals surface area contributed by atoms with Crippen LogP contribution in [0.5, 0.6) is 0 Å². The summed E-state index contributed by atoms with van der Waals surface area (Å²) in [6.07, 6.45) is 4.67. The van der Waals surface area contributed by atoms with E-state index >= 15 is 0 Å². The molecule has 0 bridgehead atoms. The molecular weight excluding hydrogens is 387 g/mol. The van der Waals surface area contributed by atoms with Crippen LogP contribution >= 0.6 is 11.6 Å². The Morgan fingerprint density at radius 2 is 2.07 bits per heavy atom. The molecule has 1 amide bonds. The molecule has 0 atom stereocenters. The van der Waals surface area contributed by atoms with Crippen LogP contribution in [0.15, 0.2) is 55.0 Å². The van der Waals surface area contributed by atoms with Crippen LogP contribution in [-0.2, 0) is 16.1 Å². The number of likely N-dealkylation sites (N-methyl/N-ethyl adjacent to an activating group) is 1. The van der Waals surface area contributed by atoms with Crippen molar-refractivity contribution in [3.8, 4) is 5.82 Å². The molecule has 0 N–H and O–H groups in total. The summed E-state index contributed by atoms with van der Waals surface area (Å²) in [5.74, 6) is -1.15. The summed E-state index contributed by atoms with van der Waals surface area (Å²) in [7, 11) is 1.47. The number of esters is 1. The number of hydrogen-bond donors (Lipinski definition) is 0. The Labute approximate surface area is 165 Å². The summed E-state index contributed by atoms with van der Waals surface area (Å²) in [5.41, 5.74) is 0.397. The quantitative estimate of drug-likeness (QED) is 0.592. The van der Waals surface area contributed by atoms with E-state index in [1.54, 1.807) is 29.2 Å². The number of rotatable bonds is 6. The molecule has 0 unspecified atom stereocenters. The number of aromatic nitrogens is 3. The molecule has 2 heterocycles. The summed E-state index contributed by atoms with van der Waals surface area (Å²) in [6, 6.07) is 9.17. The highest BCUT2D eigenvalue weighted by Gasteiger charge is 2.17. The van der Waals surface area contributed by atoms with Gasteiger partial charge in [-0.25, -0.2) is 18.9 Å². The summed E-state index contributed by atoms with van der Waals surface area (Å²) in [4.78, 5) is 29.6. The van der Waals surface area contributed by atoms with Gasteiger partial charge in [0.25, 0.3) is 5.91 Å². The van der Waals surface area contributed by atoms with Gasteiger partial charge in [0.05, 0.1) is 5.56 Å². The van der Waals surface area contributed by atoms with Crippen molar-refractivity contribution in [1.82, 2.24) is 19.7 Å². The van der Waals surface area contributed by atoms with E-state index in [4.69, 9.17) is 16.3 Å². The molecule has 0 radical (unpaired) electrons. The van der Waals surface area contributed by atoms with Crippen LogP contribution in [0.2, 0.25) is 5.02 Å². The molecule has 2 aromatic heterocycles. The van der Waals surface area contributed by atoms with Crippen molar-refractivity contribution in [2.45, 2.75) is 6.54 Å². The Kier molecular flexibility index (Phi) is 6.00. The Morgan fingerprint density at radius 3 is 2.71 bits per heavy atom. The Hall–Kier alpha value is -3.26. The van der Waals surface area contributed by atoms with Crippen LogP contribution in [0.25, 0.3) is 5.82 Å². The lowest BCUT2D eigenvalue weighted by atomic mass is 10.2. The number of benzene rings is 1. The number of carbonyl (C=O) groups excluding carboxylic acids is 2. The number of halogens is 2. The minimum Gasteiger partial charge on any atom is -0.452 e. The first-order valence-electron chi connectivity index (χ1n) is 8.26. The molecule has 0 aliphatic heterocycles. The predicted octanol–water partition coefficient (Wildman–Crippen LogP) is 2.88. The van der Waals surface area contributed by atoms with Crippen LogP contribution in [0, 0.1) is 5.82 Å². The largest absolute Gasteiger partial charge is 0.452 e. The maximum Gasteiger partial charge on any atom is 0.340 e. The van der Waals surface area contributed by atoms with Crippen molar-refractivity contribution in [3.05, 3.63) is 77.0 Å². The summed E-state index contributed by atoms with van der Waals surface area (Å²) < 4.78 is 20.4. The van der Waals surface area contributed by atoms with Crippen LogP contribution < -0.4 is 0 Å². The van der Waals surface area contributed by atoms with Crippen LogP contribution in [0.4, 0.5) is 4.39 Å². The molecule has 0 spiro atoms. The first kappa shape index (κ1) is 19.5. The second-order valence-corrected chi connectivity index (χ2v) is 6.29. The van der Waals surface area contributed by atoms with Gasteiger partial charge in [-0.05, 0) is 30.3 Å². The molecule has 7 nitrogen and oxygen atoms in total. The summed E-state index contributed by atoms with van der Waals surface area (Å²) >= 11 is 5.96. The Morgan fingerprint density at radius 1 is 1.25 bits per heavy atom. The highest BCUT2D eigenvalue weighted by Crippen LogP contribution is 2.20. The fourth-order valence-corrected chi connectivity index (χ4v) is 2.60. The van der Waals surface area contributed by atoms with Crippen molar-refractivity contribution < 1.29 is 18.7 Å². The zero-order chi connectivity index (χ0) is 20.1. The smallest absolute Gasteiger partial charge is 0.340 e. The molecule has 9 heteroatoms. The number of ether oxygens (including phenoxy) is 1. The Balaban J connectivity index is 1.55. The molecule has 3 rings (SSSR count). The molecule has 0 saturated carbocycles. The van der Waals surface area contributed by atoms with E-state index in [0.717, 1.165) is 0 Å². The first-order valence-corrected chi connectivity index (χ1v) is 8.63. The minimum absolute atomic E-state index is 0.0397. The van der Waals surface area contributed by atoms with Gasteiger partial charge < -0.3 is 9.64 Å². The van der Waals surface area contributed by atoms with Gasteiger partial charge in [0.15, 0.2) is 12.4 Å². The van der Waals surface area contributed by atoms with E-state index < -0.39 is 24.3 Å².